The van der Waals surface area contributed by atoms with Gasteiger partial charge in [0.15, 0.2) is 0 Å². The zero-order valence-electron chi connectivity index (χ0n) is 11.1. The summed E-state index contributed by atoms with van der Waals surface area (Å²) >= 11 is 15.0. The number of allylic oxidation sites excluding steroid dienone is 1. The van der Waals surface area contributed by atoms with E-state index in [4.69, 9.17) is 23.2 Å². The van der Waals surface area contributed by atoms with E-state index in [1.165, 1.54) is 11.3 Å². The molecule has 0 unspecified atom stereocenters. The molecule has 2 nitrogen and oxygen atoms in total. The van der Waals surface area contributed by atoms with Gasteiger partial charge in [0.1, 0.15) is 11.1 Å². The molecule has 0 aliphatic heterocycles. The van der Waals surface area contributed by atoms with E-state index in [0.29, 0.717) is 20.6 Å². The van der Waals surface area contributed by atoms with Crippen LogP contribution in [-0.2, 0) is 0 Å². The van der Waals surface area contributed by atoms with E-state index in [2.05, 4.69) is 11.1 Å². The number of benzene rings is 1. The standard InChI is InChI=1S/C16H8Cl2N2S2/c17-13-4-3-10(7-14(13)18)15-9-22-16(20-15)11(8-19)6-12-2-1-5-21-12/h1-7,9H/b11-6+. The molecule has 0 N–H and O–H groups in total. The first kappa shape index (κ1) is 15.3. The van der Waals surface area contributed by atoms with Gasteiger partial charge in [0.05, 0.1) is 21.3 Å². The van der Waals surface area contributed by atoms with Gasteiger partial charge in [-0.1, -0.05) is 35.3 Å². The normalized spacial score (nSPS) is 11.4. The molecule has 3 rings (SSSR count). The molecule has 0 saturated carbocycles. The van der Waals surface area contributed by atoms with Crippen molar-refractivity contribution in [1.29, 1.82) is 5.26 Å². The average Bonchev–Trinajstić information content (AvgIpc) is 3.18. The van der Waals surface area contributed by atoms with Crippen LogP contribution in [0.1, 0.15) is 9.88 Å². The molecule has 0 bridgehead atoms. The van der Waals surface area contributed by atoms with Crippen molar-refractivity contribution in [2.24, 2.45) is 0 Å². The number of hydrogen-bond acceptors (Lipinski definition) is 4. The highest BCUT2D eigenvalue weighted by Crippen LogP contribution is 2.31. The Kier molecular flexibility index (Phi) is 4.60. The van der Waals surface area contributed by atoms with Crippen LogP contribution in [-0.4, -0.2) is 4.98 Å². The van der Waals surface area contributed by atoms with Crippen molar-refractivity contribution in [2.45, 2.75) is 0 Å². The number of hydrogen-bond donors (Lipinski definition) is 0. The quantitative estimate of drug-likeness (QED) is 0.516. The van der Waals surface area contributed by atoms with Crippen LogP contribution in [0.15, 0.2) is 41.1 Å². The highest BCUT2D eigenvalue weighted by molar-refractivity contribution is 7.12. The summed E-state index contributed by atoms with van der Waals surface area (Å²) in [5.41, 5.74) is 2.22. The predicted octanol–water partition coefficient (Wildman–Crippen LogP) is 6.24. The number of thiophene rings is 1. The van der Waals surface area contributed by atoms with Crippen LogP contribution in [0, 0.1) is 11.3 Å². The van der Waals surface area contributed by atoms with E-state index in [1.54, 1.807) is 23.5 Å². The average molecular weight is 363 g/mol. The van der Waals surface area contributed by atoms with E-state index in [9.17, 15) is 5.26 Å². The third-order valence-corrected chi connectivity index (χ3v) is 5.33. The molecule has 0 aliphatic carbocycles. The van der Waals surface area contributed by atoms with Gasteiger partial charge in [-0.25, -0.2) is 4.98 Å². The van der Waals surface area contributed by atoms with E-state index >= 15 is 0 Å². The first-order valence-electron chi connectivity index (χ1n) is 6.24. The van der Waals surface area contributed by atoms with E-state index in [-0.39, 0.29) is 0 Å². The van der Waals surface area contributed by atoms with Gasteiger partial charge in [-0.15, -0.1) is 22.7 Å². The number of halogens is 2. The largest absolute Gasteiger partial charge is 0.235 e. The lowest BCUT2D eigenvalue weighted by molar-refractivity contribution is 1.37. The Balaban J connectivity index is 1.96. The number of thiazole rings is 1. The van der Waals surface area contributed by atoms with Gasteiger partial charge in [-0.05, 0) is 29.7 Å². The molecule has 6 heteroatoms. The van der Waals surface area contributed by atoms with Gasteiger partial charge in [-0.2, -0.15) is 5.26 Å². The molecule has 0 saturated heterocycles. The van der Waals surface area contributed by atoms with E-state index in [1.807, 2.05) is 35.0 Å². The maximum Gasteiger partial charge on any atom is 0.134 e. The maximum atomic E-state index is 9.35. The molecule has 3 aromatic rings. The van der Waals surface area contributed by atoms with Crippen molar-refractivity contribution in [1.82, 2.24) is 4.98 Å². The Bertz CT molecular complexity index is 874. The second-order valence-corrected chi connectivity index (χ2v) is 7.00. The first-order valence-corrected chi connectivity index (χ1v) is 8.75. The van der Waals surface area contributed by atoms with Crippen molar-refractivity contribution in [3.05, 3.63) is 61.0 Å². The topological polar surface area (TPSA) is 36.7 Å². The third-order valence-electron chi connectivity index (χ3n) is 2.90. The lowest BCUT2D eigenvalue weighted by atomic mass is 10.2. The second kappa shape index (κ2) is 6.64. The summed E-state index contributed by atoms with van der Waals surface area (Å²) < 4.78 is 0. The number of rotatable bonds is 3. The smallest absolute Gasteiger partial charge is 0.134 e. The van der Waals surface area contributed by atoms with Crippen molar-refractivity contribution < 1.29 is 0 Å². The Labute approximate surface area is 145 Å². The number of nitrogens with zero attached hydrogens (tertiary/aromatic N) is 2. The number of nitriles is 1. The Morgan fingerprint density at radius 2 is 2.05 bits per heavy atom. The van der Waals surface area contributed by atoms with E-state index < -0.39 is 0 Å². The second-order valence-electron chi connectivity index (χ2n) is 4.35. The molecule has 2 heterocycles. The fourth-order valence-corrected chi connectivity index (χ4v) is 3.59. The Hall–Kier alpha value is -1.64. The molecule has 0 atom stereocenters. The summed E-state index contributed by atoms with van der Waals surface area (Å²) in [7, 11) is 0. The molecule has 0 aliphatic rings. The summed E-state index contributed by atoms with van der Waals surface area (Å²) in [5, 5.41) is 14.9. The summed E-state index contributed by atoms with van der Waals surface area (Å²) in [6.07, 6.45) is 1.85. The minimum Gasteiger partial charge on any atom is -0.235 e. The van der Waals surface area contributed by atoms with Crippen molar-refractivity contribution >= 4 is 57.5 Å². The zero-order chi connectivity index (χ0) is 15.5. The van der Waals surface area contributed by atoms with Crippen LogP contribution in [0.4, 0.5) is 0 Å². The molecule has 22 heavy (non-hydrogen) atoms. The van der Waals surface area contributed by atoms with Crippen LogP contribution in [0.5, 0.6) is 0 Å². The molecular weight excluding hydrogens is 355 g/mol. The Morgan fingerprint density at radius 3 is 2.73 bits per heavy atom. The molecule has 2 aromatic heterocycles. The minimum atomic E-state index is 0.489. The summed E-state index contributed by atoms with van der Waals surface area (Å²) in [6.45, 7) is 0. The van der Waals surface area contributed by atoms with Gasteiger partial charge < -0.3 is 0 Å². The van der Waals surface area contributed by atoms with E-state index in [0.717, 1.165) is 16.1 Å². The monoisotopic (exact) mass is 362 g/mol. The molecule has 1 aromatic carbocycles. The van der Waals surface area contributed by atoms with Gasteiger partial charge in [0.2, 0.25) is 0 Å². The fraction of sp³-hybridized carbons (Fsp3) is 0. The van der Waals surface area contributed by atoms with Crippen LogP contribution < -0.4 is 0 Å². The summed E-state index contributed by atoms with van der Waals surface area (Å²) in [5.74, 6) is 0. The van der Waals surface area contributed by atoms with Gasteiger partial charge in [0, 0.05) is 15.8 Å². The molecule has 0 spiro atoms. The van der Waals surface area contributed by atoms with Gasteiger partial charge in [-0.3, -0.25) is 0 Å². The SMILES string of the molecule is N#C/C(=C\c1cccs1)c1nc(-c2ccc(Cl)c(Cl)c2)cs1. The molecule has 0 fully saturated rings. The highest BCUT2D eigenvalue weighted by atomic mass is 35.5. The lowest BCUT2D eigenvalue weighted by Gasteiger charge is -1.99. The minimum absolute atomic E-state index is 0.489. The molecule has 0 radical (unpaired) electrons. The summed E-state index contributed by atoms with van der Waals surface area (Å²) in [6, 6.07) is 11.5. The lowest BCUT2D eigenvalue weighted by Crippen LogP contribution is -1.82. The van der Waals surface area contributed by atoms with Crippen LogP contribution >= 0.6 is 45.9 Å². The van der Waals surface area contributed by atoms with Crippen LogP contribution in [0.2, 0.25) is 10.0 Å². The van der Waals surface area contributed by atoms with Crippen molar-refractivity contribution in [3.8, 4) is 17.3 Å². The maximum absolute atomic E-state index is 9.35. The van der Waals surface area contributed by atoms with Gasteiger partial charge in [0.25, 0.3) is 0 Å². The third kappa shape index (κ3) is 3.23. The predicted molar refractivity (Wildman–Crippen MR) is 95.4 cm³/mol. The first-order chi connectivity index (χ1) is 10.7. The zero-order valence-corrected chi connectivity index (χ0v) is 14.2. The fourth-order valence-electron chi connectivity index (χ4n) is 1.84. The van der Waals surface area contributed by atoms with Crippen molar-refractivity contribution in [3.63, 3.8) is 0 Å². The van der Waals surface area contributed by atoms with Crippen LogP contribution in [0.25, 0.3) is 22.9 Å². The van der Waals surface area contributed by atoms with Crippen molar-refractivity contribution in [2.75, 3.05) is 0 Å². The molecular formula is C16H8Cl2N2S2. The molecule has 108 valence electrons. The summed E-state index contributed by atoms with van der Waals surface area (Å²) in [4.78, 5) is 5.56. The van der Waals surface area contributed by atoms with Crippen LogP contribution in [0.3, 0.4) is 0 Å². The highest BCUT2D eigenvalue weighted by Gasteiger charge is 2.10. The molecule has 0 amide bonds. The van der Waals surface area contributed by atoms with Gasteiger partial charge >= 0.3 is 0 Å². The number of aromatic nitrogens is 1. The Morgan fingerprint density at radius 1 is 1.18 bits per heavy atom.